The zero-order valence-corrected chi connectivity index (χ0v) is 11.2. The zero-order chi connectivity index (χ0) is 13.7. The normalized spacial score (nSPS) is 11.5. The van der Waals surface area contributed by atoms with Crippen LogP contribution in [0.4, 0.5) is 4.39 Å². The van der Waals surface area contributed by atoms with Crippen LogP contribution in [-0.2, 0) is 0 Å². The maximum Gasteiger partial charge on any atom is 0.250 e. The molecule has 0 aliphatic heterocycles. The summed E-state index contributed by atoms with van der Waals surface area (Å²) in [4.78, 5) is 12.4. The number of nitrogens with zero attached hydrogens (tertiary/aromatic N) is 3. The van der Waals surface area contributed by atoms with Gasteiger partial charge in [0.15, 0.2) is 0 Å². The molecule has 0 N–H and O–H groups in total. The minimum absolute atomic E-state index is 0.209. The molecule has 20 heavy (non-hydrogen) atoms. The van der Waals surface area contributed by atoms with Gasteiger partial charge in [0.1, 0.15) is 5.52 Å². The van der Waals surface area contributed by atoms with Gasteiger partial charge in [-0.05, 0) is 37.3 Å². The van der Waals surface area contributed by atoms with Crippen molar-refractivity contribution in [2.45, 2.75) is 6.92 Å². The highest BCUT2D eigenvalue weighted by Gasteiger charge is 2.11. The molecule has 3 heterocycles. The van der Waals surface area contributed by atoms with E-state index in [1.165, 1.54) is 6.07 Å². The number of benzene rings is 1. The molecule has 0 saturated carbocycles. The van der Waals surface area contributed by atoms with Gasteiger partial charge in [-0.2, -0.15) is 9.37 Å². The largest absolute Gasteiger partial charge is 0.418 e. The molecule has 6 heteroatoms. The molecule has 0 unspecified atom stereocenters. The van der Waals surface area contributed by atoms with Gasteiger partial charge in [0.2, 0.25) is 17.6 Å². The molecule has 0 bridgehead atoms. The number of aromatic nitrogens is 3. The Morgan fingerprint density at radius 2 is 1.90 bits per heavy atom. The van der Waals surface area contributed by atoms with Crippen LogP contribution in [0.3, 0.4) is 0 Å². The minimum atomic E-state index is -0.575. The van der Waals surface area contributed by atoms with E-state index in [-0.39, 0.29) is 5.71 Å². The summed E-state index contributed by atoms with van der Waals surface area (Å²) in [5, 5.41) is 1.01. The van der Waals surface area contributed by atoms with Gasteiger partial charge in [0.25, 0.3) is 0 Å². The van der Waals surface area contributed by atoms with Gasteiger partial charge in [-0.1, -0.05) is 0 Å². The summed E-state index contributed by atoms with van der Waals surface area (Å²) in [6, 6.07) is 8.62. The predicted octanol–water partition coefficient (Wildman–Crippen LogP) is 3.95. The summed E-state index contributed by atoms with van der Waals surface area (Å²) in [6.45, 7) is 1.97. The van der Waals surface area contributed by atoms with E-state index >= 15 is 0 Å². The van der Waals surface area contributed by atoms with Crippen LogP contribution in [0, 0.1) is 12.9 Å². The highest BCUT2D eigenvalue weighted by molar-refractivity contribution is 7.18. The van der Waals surface area contributed by atoms with Gasteiger partial charge in [-0.3, -0.25) is 0 Å². The number of pyridine rings is 1. The highest BCUT2D eigenvalue weighted by Crippen LogP contribution is 2.29. The molecule has 4 aromatic rings. The minimum Gasteiger partial charge on any atom is -0.418 e. The van der Waals surface area contributed by atoms with Gasteiger partial charge in [0, 0.05) is 5.56 Å². The molecule has 0 saturated heterocycles. The molecule has 1 aromatic carbocycles. The maximum absolute atomic E-state index is 13.1. The fourth-order valence-corrected chi connectivity index (χ4v) is 2.96. The Bertz CT molecular complexity index is 944. The lowest BCUT2D eigenvalue weighted by Crippen LogP contribution is -1.79. The Balaban J connectivity index is 1.90. The van der Waals surface area contributed by atoms with Gasteiger partial charge < -0.3 is 4.42 Å². The number of fused-ring (bicyclic) bond motifs is 2. The number of halogens is 1. The van der Waals surface area contributed by atoms with Gasteiger partial charge in [-0.15, -0.1) is 11.3 Å². The SMILES string of the molecule is Cc1nc2ccc(-c3nc4ccc(F)nc4o3)cc2s1. The fourth-order valence-electron chi connectivity index (χ4n) is 2.09. The van der Waals surface area contributed by atoms with E-state index in [2.05, 4.69) is 15.0 Å². The molecule has 0 spiro atoms. The third-order valence-corrected chi connectivity index (χ3v) is 3.90. The van der Waals surface area contributed by atoms with Crippen molar-refractivity contribution in [3.8, 4) is 11.5 Å². The van der Waals surface area contributed by atoms with Crippen LogP contribution in [-0.4, -0.2) is 15.0 Å². The quantitative estimate of drug-likeness (QED) is 0.497. The second kappa shape index (κ2) is 4.08. The Kier molecular flexibility index (Phi) is 2.34. The molecule has 0 aliphatic carbocycles. The monoisotopic (exact) mass is 285 g/mol. The summed E-state index contributed by atoms with van der Waals surface area (Å²) in [7, 11) is 0. The third kappa shape index (κ3) is 1.77. The van der Waals surface area contributed by atoms with Crippen molar-refractivity contribution < 1.29 is 8.81 Å². The Hall–Kier alpha value is -2.34. The lowest BCUT2D eigenvalue weighted by atomic mass is 10.2. The van der Waals surface area contributed by atoms with E-state index in [1.54, 1.807) is 17.4 Å². The van der Waals surface area contributed by atoms with E-state index in [9.17, 15) is 4.39 Å². The fraction of sp³-hybridized carbons (Fsp3) is 0.0714. The van der Waals surface area contributed by atoms with E-state index in [0.717, 1.165) is 20.8 Å². The first-order chi connectivity index (χ1) is 9.69. The molecular weight excluding hydrogens is 277 g/mol. The molecule has 4 nitrogen and oxygen atoms in total. The number of rotatable bonds is 1. The van der Waals surface area contributed by atoms with Crippen molar-refractivity contribution >= 4 is 32.8 Å². The molecule has 3 aromatic heterocycles. The van der Waals surface area contributed by atoms with Gasteiger partial charge in [0.05, 0.1) is 15.2 Å². The number of thiazole rings is 1. The summed E-state index contributed by atoms with van der Waals surface area (Å²) in [5.74, 6) is -0.139. The molecule has 0 atom stereocenters. The van der Waals surface area contributed by atoms with Crippen LogP contribution >= 0.6 is 11.3 Å². The summed E-state index contributed by atoms with van der Waals surface area (Å²) in [5.41, 5.74) is 2.54. The Morgan fingerprint density at radius 3 is 2.80 bits per heavy atom. The van der Waals surface area contributed by atoms with Gasteiger partial charge in [-0.25, -0.2) is 9.97 Å². The summed E-state index contributed by atoms with van der Waals surface area (Å²) in [6.07, 6.45) is 0. The Labute approximate surface area is 116 Å². The zero-order valence-electron chi connectivity index (χ0n) is 10.4. The number of hydrogen-bond donors (Lipinski definition) is 0. The second-order valence-electron chi connectivity index (χ2n) is 4.39. The smallest absolute Gasteiger partial charge is 0.250 e. The van der Waals surface area contributed by atoms with Crippen LogP contribution in [0.5, 0.6) is 0 Å². The third-order valence-electron chi connectivity index (χ3n) is 2.96. The van der Waals surface area contributed by atoms with Crippen LogP contribution in [0.25, 0.3) is 32.9 Å². The molecular formula is C14H8FN3OS. The second-order valence-corrected chi connectivity index (χ2v) is 5.63. The average Bonchev–Trinajstić information content (AvgIpc) is 2.99. The lowest BCUT2D eigenvalue weighted by Gasteiger charge is -1.94. The molecule has 0 aliphatic rings. The summed E-state index contributed by atoms with van der Waals surface area (Å²) < 4.78 is 19.6. The standard InChI is InChI=1S/C14H8FN3OS/c1-7-16-9-3-2-8(6-11(9)20-7)13-17-10-4-5-12(15)18-14(10)19-13/h2-6H,1H3. The van der Waals surface area contributed by atoms with Crippen molar-refractivity contribution in [2.75, 3.05) is 0 Å². The van der Waals surface area contributed by atoms with Crippen molar-refractivity contribution in [1.82, 2.24) is 15.0 Å². The van der Waals surface area contributed by atoms with Crippen molar-refractivity contribution in [3.05, 3.63) is 41.3 Å². The first kappa shape index (κ1) is 11.5. The average molecular weight is 285 g/mol. The topological polar surface area (TPSA) is 51.8 Å². The number of oxazole rings is 1. The maximum atomic E-state index is 13.1. The van der Waals surface area contributed by atoms with Crippen molar-refractivity contribution in [1.29, 1.82) is 0 Å². The first-order valence-electron chi connectivity index (χ1n) is 6.00. The molecule has 0 amide bonds. The van der Waals surface area contributed by atoms with Crippen LogP contribution in [0.2, 0.25) is 0 Å². The Morgan fingerprint density at radius 1 is 1.05 bits per heavy atom. The number of hydrogen-bond acceptors (Lipinski definition) is 5. The lowest BCUT2D eigenvalue weighted by molar-refractivity contribution is 0.559. The number of aryl methyl sites for hydroxylation is 1. The van der Waals surface area contributed by atoms with Crippen molar-refractivity contribution in [3.63, 3.8) is 0 Å². The van der Waals surface area contributed by atoms with Crippen LogP contribution in [0.1, 0.15) is 5.01 Å². The van der Waals surface area contributed by atoms with E-state index in [0.29, 0.717) is 11.4 Å². The predicted molar refractivity (Wildman–Crippen MR) is 75.1 cm³/mol. The molecule has 4 rings (SSSR count). The van der Waals surface area contributed by atoms with E-state index in [4.69, 9.17) is 4.42 Å². The molecule has 0 radical (unpaired) electrons. The van der Waals surface area contributed by atoms with Crippen LogP contribution in [0.15, 0.2) is 34.7 Å². The first-order valence-corrected chi connectivity index (χ1v) is 6.81. The molecule has 0 fully saturated rings. The van der Waals surface area contributed by atoms with E-state index < -0.39 is 5.95 Å². The molecule has 98 valence electrons. The highest BCUT2D eigenvalue weighted by atomic mass is 32.1. The van der Waals surface area contributed by atoms with Gasteiger partial charge >= 0.3 is 0 Å². The van der Waals surface area contributed by atoms with Crippen LogP contribution < -0.4 is 0 Å². The van der Waals surface area contributed by atoms with E-state index in [1.807, 2.05) is 25.1 Å². The van der Waals surface area contributed by atoms with Crippen molar-refractivity contribution in [2.24, 2.45) is 0 Å². The summed E-state index contributed by atoms with van der Waals surface area (Å²) >= 11 is 1.61.